The molecular weight excluding hydrogens is 424 g/mol. The number of fused-ring (bicyclic) bond motifs is 2. The topological polar surface area (TPSA) is 118 Å². The molecule has 1 aromatic heterocycles. The Morgan fingerprint density at radius 2 is 2.06 bits per heavy atom. The summed E-state index contributed by atoms with van der Waals surface area (Å²) in [6, 6.07) is 6.85. The molecule has 1 fully saturated rings. The van der Waals surface area contributed by atoms with Crippen molar-refractivity contribution in [3.05, 3.63) is 58.4 Å². The molecular formula is C24H24N4O5. The van der Waals surface area contributed by atoms with Crippen LogP contribution in [0.2, 0.25) is 0 Å². The van der Waals surface area contributed by atoms with E-state index >= 15 is 0 Å². The maximum Gasteiger partial charge on any atom is 0.255 e. The monoisotopic (exact) mass is 448 g/mol. The van der Waals surface area contributed by atoms with E-state index < -0.39 is 11.9 Å². The van der Waals surface area contributed by atoms with Crippen LogP contribution in [0.3, 0.4) is 0 Å². The lowest BCUT2D eigenvalue weighted by Crippen LogP contribution is -2.52. The molecule has 170 valence electrons. The molecule has 1 unspecified atom stereocenters. The average Bonchev–Trinajstić information content (AvgIpc) is 3.13. The number of hydrogen-bond donors (Lipinski definition) is 2. The van der Waals surface area contributed by atoms with Gasteiger partial charge in [-0.15, -0.1) is 0 Å². The van der Waals surface area contributed by atoms with E-state index in [-0.39, 0.29) is 30.6 Å². The number of aryl methyl sites for hydroxylation is 1. The van der Waals surface area contributed by atoms with E-state index in [4.69, 9.17) is 4.74 Å². The van der Waals surface area contributed by atoms with Crippen molar-refractivity contribution in [2.24, 2.45) is 0 Å². The van der Waals surface area contributed by atoms with E-state index in [0.29, 0.717) is 43.9 Å². The highest BCUT2D eigenvalue weighted by molar-refractivity contribution is 6.05. The van der Waals surface area contributed by atoms with Crippen LogP contribution >= 0.6 is 0 Å². The lowest BCUT2D eigenvalue weighted by atomic mass is 10.0. The van der Waals surface area contributed by atoms with E-state index in [1.165, 1.54) is 4.90 Å². The van der Waals surface area contributed by atoms with E-state index in [1.54, 1.807) is 12.3 Å². The Hall–Kier alpha value is -3.59. The first-order valence-corrected chi connectivity index (χ1v) is 11.1. The van der Waals surface area contributed by atoms with E-state index in [2.05, 4.69) is 15.6 Å². The number of hydrogen-bond acceptors (Lipinski definition) is 6. The Bertz CT molecular complexity index is 1160. The molecule has 0 aliphatic carbocycles. The van der Waals surface area contributed by atoms with Gasteiger partial charge in [0.25, 0.3) is 5.91 Å². The Labute approximate surface area is 190 Å². The van der Waals surface area contributed by atoms with Crippen molar-refractivity contribution < 1.29 is 23.9 Å². The van der Waals surface area contributed by atoms with E-state index in [1.807, 2.05) is 18.2 Å². The van der Waals surface area contributed by atoms with Crippen LogP contribution in [0.4, 0.5) is 5.69 Å². The summed E-state index contributed by atoms with van der Waals surface area (Å²) in [7, 11) is 0. The SMILES string of the molecule is O=C1CCC(N2Cc3ccc(CCC(=O)Nc4cnc5c(c4)COCC5)cc3C2=O)C(=O)N1. The molecule has 5 rings (SSSR count). The third-order valence-corrected chi connectivity index (χ3v) is 6.32. The quantitative estimate of drug-likeness (QED) is 0.669. The summed E-state index contributed by atoms with van der Waals surface area (Å²) in [4.78, 5) is 54.9. The summed E-state index contributed by atoms with van der Waals surface area (Å²) in [5.74, 6) is -1.08. The van der Waals surface area contributed by atoms with Crippen LogP contribution in [0, 0.1) is 0 Å². The van der Waals surface area contributed by atoms with Crippen LogP contribution < -0.4 is 10.6 Å². The van der Waals surface area contributed by atoms with Gasteiger partial charge in [0, 0.05) is 42.6 Å². The molecule has 4 heterocycles. The second-order valence-corrected chi connectivity index (χ2v) is 8.57. The molecule has 0 saturated carbocycles. The molecule has 9 heteroatoms. The lowest BCUT2D eigenvalue weighted by Gasteiger charge is -2.29. The van der Waals surface area contributed by atoms with Crippen molar-refractivity contribution in [2.45, 2.75) is 51.3 Å². The van der Waals surface area contributed by atoms with Crippen molar-refractivity contribution in [2.75, 3.05) is 11.9 Å². The number of piperidine rings is 1. The Morgan fingerprint density at radius 1 is 1.18 bits per heavy atom. The van der Waals surface area contributed by atoms with E-state index in [9.17, 15) is 19.2 Å². The minimum absolute atomic E-state index is 0.134. The molecule has 3 aliphatic heterocycles. The number of aromatic nitrogens is 1. The van der Waals surface area contributed by atoms with Crippen molar-refractivity contribution in [1.29, 1.82) is 0 Å². The highest BCUT2D eigenvalue weighted by Gasteiger charge is 2.39. The van der Waals surface area contributed by atoms with E-state index in [0.717, 1.165) is 28.8 Å². The third-order valence-electron chi connectivity index (χ3n) is 6.32. The summed E-state index contributed by atoms with van der Waals surface area (Å²) in [5, 5.41) is 5.18. The van der Waals surface area contributed by atoms with Crippen molar-refractivity contribution >= 4 is 29.3 Å². The normalized spacial score (nSPS) is 19.7. The lowest BCUT2D eigenvalue weighted by molar-refractivity contribution is -0.137. The number of amides is 4. The zero-order valence-electron chi connectivity index (χ0n) is 18.1. The van der Waals surface area contributed by atoms with Gasteiger partial charge in [-0.05, 0) is 36.1 Å². The van der Waals surface area contributed by atoms with Crippen LogP contribution in [0.15, 0.2) is 30.5 Å². The minimum atomic E-state index is -0.632. The molecule has 0 radical (unpaired) electrons. The molecule has 0 spiro atoms. The number of nitrogens with zero attached hydrogens (tertiary/aromatic N) is 2. The number of benzene rings is 1. The van der Waals surface area contributed by atoms with Gasteiger partial charge in [0.05, 0.1) is 25.1 Å². The van der Waals surface area contributed by atoms with Gasteiger partial charge in [-0.1, -0.05) is 12.1 Å². The number of pyridine rings is 1. The molecule has 4 amide bonds. The predicted octanol–water partition coefficient (Wildman–Crippen LogP) is 1.49. The van der Waals surface area contributed by atoms with Gasteiger partial charge in [-0.25, -0.2) is 0 Å². The van der Waals surface area contributed by atoms with Gasteiger partial charge in [-0.2, -0.15) is 0 Å². The van der Waals surface area contributed by atoms with Crippen LogP contribution in [-0.2, 0) is 45.1 Å². The highest BCUT2D eigenvalue weighted by Crippen LogP contribution is 2.28. The zero-order valence-corrected chi connectivity index (χ0v) is 18.1. The van der Waals surface area contributed by atoms with Crippen LogP contribution in [0.5, 0.6) is 0 Å². The van der Waals surface area contributed by atoms with Crippen molar-refractivity contribution in [3.63, 3.8) is 0 Å². The fraction of sp³-hybridized carbons (Fsp3) is 0.375. The summed E-state index contributed by atoms with van der Waals surface area (Å²) < 4.78 is 5.44. The largest absolute Gasteiger partial charge is 0.376 e. The number of anilines is 1. The van der Waals surface area contributed by atoms with Crippen molar-refractivity contribution in [3.8, 4) is 0 Å². The Morgan fingerprint density at radius 3 is 2.91 bits per heavy atom. The van der Waals surface area contributed by atoms with Gasteiger partial charge < -0.3 is 15.0 Å². The molecule has 2 N–H and O–H groups in total. The number of carbonyl (C=O) groups is 4. The zero-order chi connectivity index (χ0) is 22.9. The van der Waals surface area contributed by atoms with Crippen LogP contribution in [-0.4, -0.2) is 46.2 Å². The maximum atomic E-state index is 12.9. The molecule has 1 atom stereocenters. The number of nitrogens with one attached hydrogen (secondary N) is 2. The molecule has 1 saturated heterocycles. The van der Waals surface area contributed by atoms with Gasteiger partial charge in [0.2, 0.25) is 17.7 Å². The maximum absolute atomic E-state index is 12.9. The third kappa shape index (κ3) is 4.36. The molecule has 9 nitrogen and oxygen atoms in total. The number of ether oxygens (including phenoxy) is 1. The fourth-order valence-corrected chi connectivity index (χ4v) is 4.55. The first-order valence-electron chi connectivity index (χ1n) is 11.1. The van der Waals surface area contributed by atoms with Gasteiger partial charge in [0.15, 0.2) is 0 Å². The summed E-state index contributed by atoms with van der Waals surface area (Å²) in [6.07, 6.45) is 3.75. The first kappa shape index (κ1) is 21.3. The standard InChI is InChI=1S/C24H24N4O5/c29-21(26-17-10-16-13-33-8-7-19(16)25-11-17)5-2-14-1-3-15-12-28(24(32)18(15)9-14)20-4-6-22(30)27-23(20)31/h1,3,9-11,20H,2,4-8,12-13H2,(H,26,29)(H,27,30,31). The number of imide groups is 1. The second kappa shape index (κ2) is 8.74. The second-order valence-electron chi connectivity index (χ2n) is 8.57. The Balaban J connectivity index is 1.20. The molecule has 33 heavy (non-hydrogen) atoms. The molecule has 2 aromatic rings. The summed E-state index contributed by atoms with van der Waals surface area (Å²) in [5.41, 5.74) is 4.93. The predicted molar refractivity (Wildman–Crippen MR) is 117 cm³/mol. The minimum Gasteiger partial charge on any atom is -0.376 e. The fourth-order valence-electron chi connectivity index (χ4n) is 4.55. The number of carbonyl (C=O) groups excluding carboxylic acids is 4. The highest BCUT2D eigenvalue weighted by atomic mass is 16.5. The molecule has 1 aromatic carbocycles. The van der Waals surface area contributed by atoms with Crippen LogP contribution in [0.25, 0.3) is 0 Å². The first-order chi connectivity index (χ1) is 16.0. The molecule has 3 aliphatic rings. The average molecular weight is 448 g/mol. The van der Waals surface area contributed by atoms with Gasteiger partial charge in [-0.3, -0.25) is 29.5 Å². The van der Waals surface area contributed by atoms with Crippen LogP contribution in [0.1, 0.15) is 52.0 Å². The van der Waals surface area contributed by atoms with Gasteiger partial charge in [0.1, 0.15) is 6.04 Å². The number of rotatable bonds is 5. The summed E-state index contributed by atoms with van der Waals surface area (Å²) >= 11 is 0. The summed E-state index contributed by atoms with van der Waals surface area (Å²) in [6.45, 7) is 1.52. The smallest absolute Gasteiger partial charge is 0.255 e. The Kier molecular flexibility index (Phi) is 5.63. The van der Waals surface area contributed by atoms with Crippen molar-refractivity contribution in [1.82, 2.24) is 15.2 Å². The molecule has 0 bridgehead atoms. The van der Waals surface area contributed by atoms with Gasteiger partial charge >= 0.3 is 0 Å².